The third-order valence-corrected chi connectivity index (χ3v) is 5.28. The Morgan fingerprint density at radius 2 is 1.40 bits per heavy atom. The fraction of sp³-hybridized carbons (Fsp3) is 0.519. The monoisotopic (exact) mass is 410 g/mol. The van der Waals surface area contributed by atoms with Gasteiger partial charge in [0, 0.05) is 6.42 Å². The minimum atomic E-state index is -0.149. The molecule has 0 saturated carbocycles. The van der Waals surface area contributed by atoms with Gasteiger partial charge in [-0.3, -0.25) is 4.79 Å². The number of rotatable bonds is 13. The largest absolute Gasteiger partial charge is 0.494 e. The van der Waals surface area contributed by atoms with Gasteiger partial charge in [0.05, 0.1) is 6.61 Å². The van der Waals surface area contributed by atoms with Crippen molar-refractivity contribution in [1.82, 2.24) is 0 Å². The summed E-state index contributed by atoms with van der Waals surface area (Å²) in [5.74, 6) is 2.44. The molecule has 0 unspecified atom stereocenters. The molecule has 0 radical (unpaired) electrons. The third-order valence-electron chi connectivity index (χ3n) is 5.28. The molecule has 0 amide bonds. The number of esters is 1. The van der Waals surface area contributed by atoms with Crippen molar-refractivity contribution in [3.8, 4) is 22.6 Å². The van der Waals surface area contributed by atoms with Crippen molar-refractivity contribution in [1.29, 1.82) is 0 Å². The van der Waals surface area contributed by atoms with Gasteiger partial charge < -0.3 is 9.47 Å². The Balaban J connectivity index is 1.80. The molecule has 0 saturated heterocycles. The van der Waals surface area contributed by atoms with Gasteiger partial charge in [-0.1, -0.05) is 84.1 Å². The highest BCUT2D eigenvalue weighted by Gasteiger charge is 2.12. The molecular weight excluding hydrogens is 372 g/mol. The van der Waals surface area contributed by atoms with Crippen LogP contribution < -0.4 is 9.47 Å². The quantitative estimate of drug-likeness (QED) is 0.193. The van der Waals surface area contributed by atoms with E-state index in [4.69, 9.17) is 9.47 Å². The highest BCUT2D eigenvalue weighted by molar-refractivity contribution is 5.73. The molecule has 0 heterocycles. The molecule has 3 heteroatoms. The molecule has 1 atom stereocenters. The first kappa shape index (κ1) is 24.0. The Labute approximate surface area is 182 Å². The van der Waals surface area contributed by atoms with Crippen LogP contribution in [0, 0.1) is 11.8 Å². The Kier molecular flexibility index (Phi) is 10.5. The van der Waals surface area contributed by atoms with E-state index in [1.54, 1.807) is 0 Å². The highest BCUT2D eigenvalue weighted by Crippen LogP contribution is 2.25. The number of hydrogen-bond acceptors (Lipinski definition) is 3. The van der Waals surface area contributed by atoms with Crippen LogP contribution in [0.15, 0.2) is 48.5 Å². The zero-order valence-corrected chi connectivity index (χ0v) is 19.2. The van der Waals surface area contributed by atoms with E-state index in [9.17, 15) is 4.79 Å². The Hall–Kier alpha value is -2.29. The molecule has 0 N–H and O–H groups in total. The maximum Gasteiger partial charge on any atom is 0.311 e. The van der Waals surface area contributed by atoms with Crippen LogP contribution in [0.25, 0.3) is 11.1 Å². The molecule has 2 aromatic rings. The number of carbonyl (C=O) groups is 1. The predicted molar refractivity (Wildman–Crippen MR) is 125 cm³/mol. The first-order valence-electron chi connectivity index (χ1n) is 11.5. The number of ether oxygens (including phenoxy) is 2. The van der Waals surface area contributed by atoms with Gasteiger partial charge in [0.1, 0.15) is 11.5 Å². The van der Waals surface area contributed by atoms with Crippen molar-refractivity contribution >= 4 is 5.97 Å². The van der Waals surface area contributed by atoms with E-state index in [1.807, 2.05) is 36.4 Å². The van der Waals surface area contributed by atoms with Crippen LogP contribution in [0.4, 0.5) is 0 Å². The predicted octanol–water partition coefficient (Wildman–Crippen LogP) is 7.68. The van der Waals surface area contributed by atoms with Crippen LogP contribution in [0.2, 0.25) is 0 Å². The number of unbranched alkanes of at least 4 members (excludes halogenated alkanes) is 2. The maximum atomic E-state index is 12.2. The second-order valence-electron chi connectivity index (χ2n) is 8.71. The molecule has 164 valence electrons. The van der Waals surface area contributed by atoms with Crippen molar-refractivity contribution in [2.45, 2.75) is 72.6 Å². The fourth-order valence-electron chi connectivity index (χ4n) is 3.44. The average molecular weight is 411 g/mol. The smallest absolute Gasteiger partial charge is 0.311 e. The van der Waals surface area contributed by atoms with E-state index in [2.05, 4.69) is 39.8 Å². The summed E-state index contributed by atoms with van der Waals surface area (Å²) in [6.45, 7) is 9.56. The molecule has 0 aliphatic carbocycles. The van der Waals surface area contributed by atoms with Crippen molar-refractivity contribution in [3.05, 3.63) is 48.5 Å². The van der Waals surface area contributed by atoms with Crippen molar-refractivity contribution in [2.75, 3.05) is 6.61 Å². The van der Waals surface area contributed by atoms with Crippen LogP contribution in [0.5, 0.6) is 11.5 Å². The van der Waals surface area contributed by atoms with E-state index in [1.165, 1.54) is 25.7 Å². The van der Waals surface area contributed by atoms with Crippen LogP contribution in [-0.2, 0) is 4.79 Å². The molecule has 0 aliphatic heterocycles. The second kappa shape index (κ2) is 13.1. The van der Waals surface area contributed by atoms with E-state index < -0.39 is 0 Å². The second-order valence-corrected chi connectivity index (χ2v) is 8.71. The highest BCUT2D eigenvalue weighted by atomic mass is 16.5. The SMILES string of the molecule is CCCCCOc1ccc(-c2ccc(OC(=O)C[C@@H](C)CCCC(C)C)cc2)cc1. The van der Waals surface area contributed by atoms with Crippen LogP contribution in [-0.4, -0.2) is 12.6 Å². The van der Waals surface area contributed by atoms with E-state index in [-0.39, 0.29) is 5.97 Å². The van der Waals surface area contributed by atoms with E-state index in [0.29, 0.717) is 18.1 Å². The summed E-state index contributed by atoms with van der Waals surface area (Å²) in [6, 6.07) is 15.9. The normalized spacial score (nSPS) is 12.0. The van der Waals surface area contributed by atoms with Crippen molar-refractivity contribution < 1.29 is 14.3 Å². The molecule has 0 aliphatic rings. The summed E-state index contributed by atoms with van der Waals surface area (Å²) >= 11 is 0. The first-order valence-corrected chi connectivity index (χ1v) is 11.5. The average Bonchev–Trinajstić information content (AvgIpc) is 2.72. The summed E-state index contributed by atoms with van der Waals surface area (Å²) in [4.78, 5) is 12.2. The maximum absolute atomic E-state index is 12.2. The summed E-state index contributed by atoms with van der Waals surface area (Å²) in [7, 11) is 0. The lowest BCUT2D eigenvalue weighted by molar-refractivity contribution is -0.135. The summed E-state index contributed by atoms with van der Waals surface area (Å²) in [5, 5.41) is 0. The Morgan fingerprint density at radius 3 is 1.97 bits per heavy atom. The molecule has 0 fully saturated rings. The van der Waals surface area contributed by atoms with Gasteiger partial charge in [0.25, 0.3) is 0 Å². The van der Waals surface area contributed by atoms with Gasteiger partial charge >= 0.3 is 5.97 Å². The molecule has 2 aromatic carbocycles. The van der Waals surface area contributed by atoms with Crippen molar-refractivity contribution in [3.63, 3.8) is 0 Å². The molecule has 0 spiro atoms. The van der Waals surface area contributed by atoms with Crippen LogP contribution in [0.1, 0.15) is 72.6 Å². The molecule has 0 aromatic heterocycles. The van der Waals surface area contributed by atoms with Crippen LogP contribution in [0.3, 0.4) is 0 Å². The standard InChI is InChI=1S/C27H38O3/c1-5-6-7-19-29-25-15-11-23(12-16-25)24-13-17-26(18-14-24)30-27(28)20-22(4)10-8-9-21(2)3/h11-18,21-22H,5-10,19-20H2,1-4H3/t22-/m0/s1. The minimum absolute atomic E-state index is 0.149. The lowest BCUT2D eigenvalue weighted by Gasteiger charge is -2.12. The number of benzene rings is 2. The third kappa shape index (κ3) is 9.02. The van der Waals surface area contributed by atoms with Gasteiger partial charge in [-0.15, -0.1) is 0 Å². The lowest BCUT2D eigenvalue weighted by Crippen LogP contribution is -2.12. The zero-order chi connectivity index (χ0) is 21.8. The first-order chi connectivity index (χ1) is 14.5. The summed E-state index contributed by atoms with van der Waals surface area (Å²) in [5.41, 5.74) is 2.21. The molecule has 0 bridgehead atoms. The molecule has 30 heavy (non-hydrogen) atoms. The zero-order valence-electron chi connectivity index (χ0n) is 19.2. The van der Waals surface area contributed by atoms with Gasteiger partial charge in [-0.2, -0.15) is 0 Å². The topological polar surface area (TPSA) is 35.5 Å². The molecule has 2 rings (SSSR count). The van der Waals surface area contributed by atoms with E-state index in [0.717, 1.165) is 42.2 Å². The number of carbonyl (C=O) groups excluding carboxylic acids is 1. The summed E-state index contributed by atoms with van der Waals surface area (Å²) < 4.78 is 11.3. The fourth-order valence-corrected chi connectivity index (χ4v) is 3.44. The Morgan fingerprint density at radius 1 is 0.800 bits per heavy atom. The molecular formula is C27H38O3. The lowest BCUT2D eigenvalue weighted by atomic mass is 9.97. The van der Waals surface area contributed by atoms with Gasteiger partial charge in [0.15, 0.2) is 0 Å². The van der Waals surface area contributed by atoms with E-state index >= 15 is 0 Å². The van der Waals surface area contributed by atoms with Crippen molar-refractivity contribution in [2.24, 2.45) is 11.8 Å². The Bertz CT molecular complexity index is 732. The van der Waals surface area contributed by atoms with Crippen LogP contribution >= 0.6 is 0 Å². The summed E-state index contributed by atoms with van der Waals surface area (Å²) in [6.07, 6.45) is 7.42. The van der Waals surface area contributed by atoms with Gasteiger partial charge in [0.2, 0.25) is 0 Å². The van der Waals surface area contributed by atoms with Gasteiger partial charge in [-0.25, -0.2) is 0 Å². The van der Waals surface area contributed by atoms with Gasteiger partial charge in [-0.05, 0) is 53.6 Å². The molecule has 3 nitrogen and oxygen atoms in total. The number of hydrogen-bond donors (Lipinski definition) is 0. The minimum Gasteiger partial charge on any atom is -0.494 e.